The number of benzene rings is 2. The second-order valence-electron chi connectivity index (χ2n) is 4.65. The van der Waals surface area contributed by atoms with Crippen LogP contribution in [0.25, 0.3) is 32.0 Å². The lowest BCUT2D eigenvalue weighted by atomic mass is 10.2. The molecule has 2 aromatic heterocycles. The minimum absolute atomic E-state index is 0.256. The number of aromatic nitrogens is 1. The number of nitrogen functional groups attached to an aromatic ring is 1. The van der Waals surface area contributed by atoms with Gasteiger partial charge in [0, 0.05) is 10.8 Å². The van der Waals surface area contributed by atoms with Crippen molar-refractivity contribution in [3.05, 3.63) is 47.2 Å². The summed E-state index contributed by atoms with van der Waals surface area (Å²) in [5.74, 6) is 0.223. The molecule has 0 fully saturated rings. The summed E-state index contributed by atoms with van der Waals surface area (Å²) >= 11 is 7.41. The first-order chi connectivity index (χ1) is 10.1. The molecule has 0 saturated carbocycles. The van der Waals surface area contributed by atoms with Gasteiger partial charge in [-0.2, -0.15) is 0 Å². The molecule has 21 heavy (non-hydrogen) atoms. The first-order valence-corrected chi connectivity index (χ1v) is 7.34. The Morgan fingerprint density at radius 1 is 1.19 bits per heavy atom. The van der Waals surface area contributed by atoms with Crippen LogP contribution < -0.4 is 5.73 Å². The lowest BCUT2D eigenvalue weighted by molar-refractivity contribution is 0.622. The second-order valence-corrected chi connectivity index (χ2v) is 6.14. The molecule has 6 heteroatoms. The quantitative estimate of drug-likeness (QED) is 0.498. The summed E-state index contributed by atoms with van der Waals surface area (Å²) in [4.78, 5) is 5.25. The first-order valence-electron chi connectivity index (χ1n) is 6.15. The van der Waals surface area contributed by atoms with Crippen LogP contribution in [0.2, 0.25) is 5.02 Å². The third-order valence-electron chi connectivity index (χ3n) is 3.20. The van der Waals surface area contributed by atoms with Crippen molar-refractivity contribution in [2.24, 2.45) is 0 Å². The molecule has 0 aliphatic rings. The molecule has 0 atom stereocenters. The zero-order valence-corrected chi connectivity index (χ0v) is 12.1. The standard InChI is InChI=1S/C15H8ClFN2OS/c16-9-5-11-12(6-10(9)18)20-15(19-11)14-3-7-1-2-8(17)4-13(7)21-14/h1-6H,18H2. The average Bonchev–Trinajstić information content (AvgIpc) is 3.02. The van der Waals surface area contributed by atoms with Gasteiger partial charge in [-0.3, -0.25) is 0 Å². The Hall–Kier alpha value is -2.11. The number of fused-ring (bicyclic) bond motifs is 2. The third-order valence-corrected chi connectivity index (χ3v) is 4.61. The topological polar surface area (TPSA) is 52.0 Å². The smallest absolute Gasteiger partial charge is 0.237 e. The van der Waals surface area contributed by atoms with Gasteiger partial charge in [0.05, 0.1) is 15.6 Å². The highest BCUT2D eigenvalue weighted by Crippen LogP contribution is 2.36. The van der Waals surface area contributed by atoms with Crippen molar-refractivity contribution in [1.29, 1.82) is 0 Å². The Morgan fingerprint density at radius 2 is 2.05 bits per heavy atom. The van der Waals surface area contributed by atoms with E-state index in [2.05, 4.69) is 4.98 Å². The molecule has 0 spiro atoms. The Labute approximate surface area is 127 Å². The number of nitrogens with two attached hydrogens (primary N) is 1. The number of nitrogens with zero attached hydrogens (tertiary/aromatic N) is 1. The highest BCUT2D eigenvalue weighted by molar-refractivity contribution is 7.22. The third kappa shape index (κ3) is 2.05. The lowest BCUT2D eigenvalue weighted by Crippen LogP contribution is -1.84. The van der Waals surface area contributed by atoms with E-state index in [1.807, 2.05) is 6.07 Å². The fourth-order valence-corrected chi connectivity index (χ4v) is 3.35. The van der Waals surface area contributed by atoms with Gasteiger partial charge in [-0.25, -0.2) is 9.37 Å². The van der Waals surface area contributed by atoms with E-state index in [9.17, 15) is 4.39 Å². The van der Waals surface area contributed by atoms with E-state index in [-0.39, 0.29) is 5.82 Å². The molecule has 0 aliphatic heterocycles. The SMILES string of the molecule is Nc1cc2oc(-c3cc4ccc(F)cc4s3)nc2cc1Cl. The van der Waals surface area contributed by atoms with E-state index in [1.165, 1.54) is 23.5 Å². The number of hydrogen-bond acceptors (Lipinski definition) is 4. The summed E-state index contributed by atoms with van der Waals surface area (Å²) in [7, 11) is 0. The molecule has 0 bridgehead atoms. The van der Waals surface area contributed by atoms with Crippen molar-refractivity contribution >= 4 is 49.8 Å². The van der Waals surface area contributed by atoms with E-state index in [1.54, 1.807) is 18.2 Å². The molecule has 0 amide bonds. The van der Waals surface area contributed by atoms with Crippen molar-refractivity contribution < 1.29 is 8.81 Å². The molecule has 0 saturated heterocycles. The number of hydrogen-bond donors (Lipinski definition) is 1. The summed E-state index contributed by atoms with van der Waals surface area (Å²) in [5, 5.41) is 1.40. The molecule has 2 heterocycles. The zero-order valence-electron chi connectivity index (χ0n) is 10.6. The van der Waals surface area contributed by atoms with Crippen LogP contribution >= 0.6 is 22.9 Å². The van der Waals surface area contributed by atoms with Crippen molar-refractivity contribution in [2.45, 2.75) is 0 Å². The molecule has 3 nitrogen and oxygen atoms in total. The highest BCUT2D eigenvalue weighted by Gasteiger charge is 2.13. The van der Waals surface area contributed by atoms with E-state index in [0.717, 1.165) is 15.0 Å². The van der Waals surface area contributed by atoms with Crippen molar-refractivity contribution in [2.75, 3.05) is 5.73 Å². The average molecular weight is 319 g/mol. The van der Waals surface area contributed by atoms with E-state index in [4.69, 9.17) is 21.8 Å². The Balaban J connectivity index is 1.91. The Morgan fingerprint density at radius 3 is 2.90 bits per heavy atom. The minimum atomic E-state index is -0.256. The van der Waals surface area contributed by atoms with Crippen LogP contribution in [-0.4, -0.2) is 4.98 Å². The van der Waals surface area contributed by atoms with E-state index in [0.29, 0.717) is 27.7 Å². The summed E-state index contributed by atoms with van der Waals surface area (Å²) in [6.45, 7) is 0. The lowest BCUT2D eigenvalue weighted by Gasteiger charge is -1.94. The van der Waals surface area contributed by atoms with Gasteiger partial charge in [0.15, 0.2) is 5.58 Å². The van der Waals surface area contributed by atoms with E-state index >= 15 is 0 Å². The fraction of sp³-hybridized carbons (Fsp3) is 0. The van der Waals surface area contributed by atoms with Gasteiger partial charge < -0.3 is 10.2 Å². The maximum absolute atomic E-state index is 13.2. The number of rotatable bonds is 1. The van der Waals surface area contributed by atoms with Crippen LogP contribution in [-0.2, 0) is 0 Å². The number of anilines is 1. The monoisotopic (exact) mass is 318 g/mol. The molecule has 104 valence electrons. The van der Waals surface area contributed by atoms with Crippen molar-refractivity contribution in [1.82, 2.24) is 4.98 Å². The van der Waals surface area contributed by atoms with Crippen molar-refractivity contribution in [3.8, 4) is 10.8 Å². The summed E-state index contributed by atoms with van der Waals surface area (Å²) in [6, 6.07) is 9.93. The van der Waals surface area contributed by atoms with Crippen LogP contribution in [0.15, 0.2) is 40.8 Å². The number of oxazole rings is 1. The molecule has 0 radical (unpaired) electrons. The molecular weight excluding hydrogens is 311 g/mol. The zero-order chi connectivity index (χ0) is 14.6. The minimum Gasteiger partial charge on any atom is -0.435 e. The van der Waals surface area contributed by atoms with Gasteiger partial charge in [0.25, 0.3) is 0 Å². The van der Waals surface area contributed by atoms with Gasteiger partial charge in [0.1, 0.15) is 11.3 Å². The van der Waals surface area contributed by atoms with Crippen LogP contribution in [0, 0.1) is 5.82 Å². The molecule has 4 rings (SSSR count). The Kier molecular flexibility index (Phi) is 2.67. The van der Waals surface area contributed by atoms with Crippen LogP contribution in [0.3, 0.4) is 0 Å². The molecule has 2 N–H and O–H groups in total. The van der Waals surface area contributed by atoms with Gasteiger partial charge in [-0.05, 0) is 29.7 Å². The molecule has 0 aliphatic carbocycles. The number of halogens is 2. The summed E-state index contributed by atoms with van der Waals surface area (Å²) in [5.41, 5.74) is 7.43. The first kappa shape index (κ1) is 12.6. The van der Waals surface area contributed by atoms with Gasteiger partial charge >= 0.3 is 0 Å². The van der Waals surface area contributed by atoms with Gasteiger partial charge in [-0.15, -0.1) is 11.3 Å². The maximum atomic E-state index is 13.2. The normalized spacial score (nSPS) is 11.5. The largest absolute Gasteiger partial charge is 0.435 e. The van der Waals surface area contributed by atoms with Gasteiger partial charge in [-0.1, -0.05) is 17.7 Å². The molecule has 2 aromatic carbocycles. The molecular formula is C15H8ClFN2OS. The maximum Gasteiger partial charge on any atom is 0.237 e. The fourth-order valence-electron chi connectivity index (χ4n) is 2.18. The predicted molar refractivity (Wildman–Crippen MR) is 84.2 cm³/mol. The van der Waals surface area contributed by atoms with Crippen LogP contribution in [0.5, 0.6) is 0 Å². The molecule has 0 unspecified atom stereocenters. The predicted octanol–water partition coefficient (Wildman–Crippen LogP) is 5.08. The summed E-state index contributed by atoms with van der Waals surface area (Å²) in [6.07, 6.45) is 0. The van der Waals surface area contributed by atoms with Crippen LogP contribution in [0.4, 0.5) is 10.1 Å². The van der Waals surface area contributed by atoms with Crippen LogP contribution in [0.1, 0.15) is 0 Å². The Bertz CT molecular complexity index is 953. The summed E-state index contributed by atoms with van der Waals surface area (Å²) < 4.78 is 19.8. The molecule has 4 aromatic rings. The van der Waals surface area contributed by atoms with Crippen molar-refractivity contribution in [3.63, 3.8) is 0 Å². The van der Waals surface area contributed by atoms with Gasteiger partial charge in [0.2, 0.25) is 5.89 Å². The highest BCUT2D eigenvalue weighted by atomic mass is 35.5. The second kappa shape index (κ2) is 4.44. The van der Waals surface area contributed by atoms with E-state index < -0.39 is 0 Å². The number of thiophene rings is 1.